The molecule has 0 saturated carbocycles. The van der Waals surface area contributed by atoms with Crippen molar-refractivity contribution in [2.75, 3.05) is 6.54 Å². The van der Waals surface area contributed by atoms with Gasteiger partial charge in [-0.25, -0.2) is 4.39 Å². The number of hydrogen-bond acceptors (Lipinski definition) is 4. The van der Waals surface area contributed by atoms with Gasteiger partial charge in [0.25, 0.3) is 0 Å². The van der Waals surface area contributed by atoms with Crippen LogP contribution in [0.15, 0.2) is 48.7 Å². The fourth-order valence-corrected chi connectivity index (χ4v) is 3.75. The van der Waals surface area contributed by atoms with Crippen LogP contribution in [0.3, 0.4) is 0 Å². The van der Waals surface area contributed by atoms with E-state index in [4.69, 9.17) is 0 Å². The second-order valence-corrected chi connectivity index (χ2v) is 6.88. The monoisotopic (exact) mass is 362 g/mol. The zero-order valence-electron chi connectivity index (χ0n) is 15.0. The van der Waals surface area contributed by atoms with Crippen LogP contribution >= 0.6 is 0 Å². The van der Waals surface area contributed by atoms with Gasteiger partial charge in [-0.1, -0.05) is 18.2 Å². The van der Waals surface area contributed by atoms with Gasteiger partial charge in [-0.05, 0) is 24.3 Å². The standard InChI is InChI=1S/C20H19FN6/c1-25-19(15-5-2-3-7-17(15)23-25)13-26-9-10-27-14(12-26)11-18(24-27)20-16(21)6-4-8-22-20/h2-8,11H,9-10,12-13H2,1H3. The lowest BCUT2D eigenvalue weighted by molar-refractivity contribution is 0.201. The summed E-state index contributed by atoms with van der Waals surface area (Å²) in [5.41, 5.74) is 4.20. The molecule has 0 N–H and O–H groups in total. The lowest BCUT2D eigenvalue weighted by atomic mass is 10.2. The number of fused-ring (bicyclic) bond motifs is 2. The minimum absolute atomic E-state index is 0.309. The molecular formula is C20H19FN6. The van der Waals surface area contributed by atoms with Crippen molar-refractivity contribution in [2.24, 2.45) is 7.05 Å². The van der Waals surface area contributed by atoms with E-state index in [9.17, 15) is 4.39 Å². The third-order valence-corrected chi connectivity index (χ3v) is 5.11. The number of rotatable bonds is 3. The first-order valence-electron chi connectivity index (χ1n) is 8.99. The number of nitrogens with zero attached hydrogens (tertiary/aromatic N) is 6. The maximum Gasteiger partial charge on any atom is 0.151 e. The summed E-state index contributed by atoms with van der Waals surface area (Å²) in [6.45, 7) is 3.24. The highest BCUT2D eigenvalue weighted by Crippen LogP contribution is 2.25. The van der Waals surface area contributed by atoms with Gasteiger partial charge in [0.15, 0.2) is 5.82 Å². The molecule has 5 rings (SSSR count). The van der Waals surface area contributed by atoms with Crippen LogP contribution < -0.4 is 0 Å². The third-order valence-electron chi connectivity index (χ3n) is 5.11. The van der Waals surface area contributed by atoms with E-state index in [0.717, 1.165) is 37.4 Å². The van der Waals surface area contributed by atoms with Gasteiger partial charge in [0.1, 0.15) is 11.4 Å². The van der Waals surface area contributed by atoms with Crippen molar-refractivity contribution in [3.63, 3.8) is 0 Å². The number of aromatic nitrogens is 5. The first-order chi connectivity index (χ1) is 13.2. The van der Waals surface area contributed by atoms with Gasteiger partial charge in [-0.3, -0.25) is 19.2 Å². The summed E-state index contributed by atoms with van der Waals surface area (Å²) in [5.74, 6) is -0.342. The Bertz CT molecular complexity index is 1130. The van der Waals surface area contributed by atoms with Gasteiger partial charge in [-0.2, -0.15) is 10.2 Å². The van der Waals surface area contributed by atoms with Crippen LogP contribution in [0.2, 0.25) is 0 Å². The second kappa shape index (κ2) is 6.28. The zero-order chi connectivity index (χ0) is 18.4. The van der Waals surface area contributed by atoms with E-state index in [2.05, 4.69) is 26.1 Å². The summed E-state index contributed by atoms with van der Waals surface area (Å²) < 4.78 is 18.0. The van der Waals surface area contributed by atoms with E-state index in [1.807, 2.05) is 40.7 Å². The van der Waals surface area contributed by atoms with Crippen LogP contribution in [0.5, 0.6) is 0 Å². The lowest BCUT2D eigenvalue weighted by Crippen LogP contribution is -2.33. The Morgan fingerprint density at radius 3 is 2.85 bits per heavy atom. The van der Waals surface area contributed by atoms with Crippen molar-refractivity contribution >= 4 is 10.9 Å². The smallest absolute Gasteiger partial charge is 0.151 e. The van der Waals surface area contributed by atoms with Crippen LogP contribution in [-0.4, -0.2) is 36.0 Å². The molecule has 0 bridgehead atoms. The predicted molar refractivity (Wildman–Crippen MR) is 100 cm³/mol. The van der Waals surface area contributed by atoms with E-state index < -0.39 is 0 Å². The molecule has 7 heteroatoms. The molecule has 27 heavy (non-hydrogen) atoms. The van der Waals surface area contributed by atoms with Crippen molar-refractivity contribution in [3.05, 3.63) is 65.9 Å². The molecule has 0 amide bonds. The van der Waals surface area contributed by atoms with Crippen LogP contribution in [0.1, 0.15) is 11.4 Å². The van der Waals surface area contributed by atoms with Crippen LogP contribution in [-0.2, 0) is 26.7 Å². The lowest BCUT2D eigenvalue weighted by Gasteiger charge is -2.27. The molecule has 0 fully saturated rings. The minimum Gasteiger partial charge on any atom is -0.290 e. The molecule has 0 spiro atoms. The molecule has 6 nitrogen and oxygen atoms in total. The summed E-state index contributed by atoms with van der Waals surface area (Å²) in [5, 5.41) is 10.3. The Balaban J connectivity index is 1.41. The Kier molecular flexibility index (Phi) is 3.75. The molecule has 0 radical (unpaired) electrons. The van der Waals surface area contributed by atoms with E-state index in [-0.39, 0.29) is 5.82 Å². The average Bonchev–Trinajstić information content (AvgIpc) is 3.23. The van der Waals surface area contributed by atoms with Crippen molar-refractivity contribution in [1.82, 2.24) is 29.4 Å². The normalized spacial score (nSPS) is 14.6. The number of benzene rings is 1. The van der Waals surface area contributed by atoms with Crippen LogP contribution in [0.4, 0.5) is 4.39 Å². The molecule has 0 unspecified atom stereocenters. The Morgan fingerprint density at radius 2 is 1.96 bits per heavy atom. The number of pyridine rings is 1. The van der Waals surface area contributed by atoms with Crippen molar-refractivity contribution in [3.8, 4) is 11.4 Å². The molecule has 0 aliphatic carbocycles. The Hall–Kier alpha value is -3.06. The first-order valence-corrected chi connectivity index (χ1v) is 8.99. The molecule has 1 aromatic carbocycles. The molecule has 1 aliphatic heterocycles. The summed E-state index contributed by atoms with van der Waals surface area (Å²) in [6.07, 6.45) is 1.59. The third kappa shape index (κ3) is 2.80. The highest BCUT2D eigenvalue weighted by atomic mass is 19.1. The van der Waals surface area contributed by atoms with Crippen molar-refractivity contribution < 1.29 is 4.39 Å². The zero-order valence-corrected chi connectivity index (χ0v) is 15.0. The first kappa shape index (κ1) is 16.1. The van der Waals surface area contributed by atoms with Crippen LogP contribution in [0.25, 0.3) is 22.3 Å². The quantitative estimate of drug-likeness (QED) is 0.562. The maximum absolute atomic E-state index is 14.0. The van der Waals surface area contributed by atoms with Crippen molar-refractivity contribution in [2.45, 2.75) is 19.6 Å². The highest BCUT2D eigenvalue weighted by molar-refractivity contribution is 5.81. The van der Waals surface area contributed by atoms with E-state index in [0.29, 0.717) is 11.4 Å². The summed E-state index contributed by atoms with van der Waals surface area (Å²) in [4.78, 5) is 6.52. The predicted octanol–water partition coefficient (Wildman–Crippen LogP) is 2.99. The summed E-state index contributed by atoms with van der Waals surface area (Å²) in [6, 6.07) is 13.2. The van der Waals surface area contributed by atoms with Crippen molar-refractivity contribution in [1.29, 1.82) is 0 Å². The molecule has 4 aromatic rings. The van der Waals surface area contributed by atoms with Gasteiger partial charge in [-0.15, -0.1) is 0 Å². The minimum atomic E-state index is -0.342. The maximum atomic E-state index is 14.0. The van der Waals surface area contributed by atoms with E-state index in [1.54, 1.807) is 12.3 Å². The van der Waals surface area contributed by atoms with Crippen LogP contribution in [0, 0.1) is 5.82 Å². The fraction of sp³-hybridized carbons (Fsp3) is 0.250. The van der Waals surface area contributed by atoms with Gasteiger partial charge >= 0.3 is 0 Å². The Labute approximate surface area is 155 Å². The van der Waals surface area contributed by atoms with Gasteiger partial charge in [0.2, 0.25) is 0 Å². The number of hydrogen-bond donors (Lipinski definition) is 0. The Morgan fingerprint density at radius 1 is 1.07 bits per heavy atom. The number of aryl methyl sites for hydroxylation is 1. The fourth-order valence-electron chi connectivity index (χ4n) is 3.75. The second-order valence-electron chi connectivity index (χ2n) is 6.88. The largest absolute Gasteiger partial charge is 0.290 e. The highest BCUT2D eigenvalue weighted by Gasteiger charge is 2.22. The molecule has 1 aliphatic rings. The topological polar surface area (TPSA) is 51.8 Å². The van der Waals surface area contributed by atoms with Gasteiger partial charge in [0, 0.05) is 38.3 Å². The SMILES string of the molecule is Cn1nc2ccccc2c1CN1CCn2nc(-c3ncccc3F)cc2C1. The molecule has 136 valence electrons. The average molecular weight is 362 g/mol. The molecule has 4 heterocycles. The van der Waals surface area contributed by atoms with E-state index >= 15 is 0 Å². The number of halogens is 1. The molecule has 3 aromatic heterocycles. The van der Waals surface area contributed by atoms with Gasteiger partial charge < -0.3 is 0 Å². The molecule has 0 saturated heterocycles. The summed E-state index contributed by atoms with van der Waals surface area (Å²) >= 11 is 0. The van der Waals surface area contributed by atoms with E-state index in [1.165, 1.54) is 17.1 Å². The van der Waals surface area contributed by atoms with Gasteiger partial charge in [0.05, 0.1) is 23.4 Å². The summed E-state index contributed by atoms with van der Waals surface area (Å²) in [7, 11) is 1.99. The molecule has 0 atom stereocenters. The molecular weight excluding hydrogens is 343 g/mol.